The lowest BCUT2D eigenvalue weighted by molar-refractivity contribution is -0.134. The quantitative estimate of drug-likeness (QED) is 0.654. The van der Waals surface area contributed by atoms with E-state index in [9.17, 15) is 14.4 Å². The summed E-state index contributed by atoms with van der Waals surface area (Å²) in [5, 5.41) is 5.55. The van der Waals surface area contributed by atoms with Gasteiger partial charge in [0, 0.05) is 35.5 Å². The predicted molar refractivity (Wildman–Crippen MR) is 138 cm³/mol. The van der Waals surface area contributed by atoms with Gasteiger partial charge in [0.15, 0.2) is 0 Å². The van der Waals surface area contributed by atoms with Crippen LogP contribution in [0, 0.1) is 5.41 Å². The fourth-order valence-electron chi connectivity index (χ4n) is 4.52. The molecule has 2 aliphatic heterocycles. The van der Waals surface area contributed by atoms with Crippen LogP contribution in [0.5, 0.6) is 5.75 Å². The van der Waals surface area contributed by atoms with E-state index in [0.29, 0.717) is 36.0 Å². The lowest BCUT2D eigenvalue weighted by Gasteiger charge is -2.39. The van der Waals surface area contributed by atoms with Crippen molar-refractivity contribution in [1.82, 2.24) is 10.2 Å². The molecule has 0 bridgehead atoms. The van der Waals surface area contributed by atoms with Crippen LogP contribution in [0.2, 0.25) is 0 Å². The highest BCUT2D eigenvalue weighted by Crippen LogP contribution is 2.35. The van der Waals surface area contributed by atoms with Crippen molar-refractivity contribution in [2.45, 2.75) is 37.6 Å². The predicted octanol–water partition coefficient (Wildman–Crippen LogP) is 3.97. The maximum atomic E-state index is 13.6. The van der Waals surface area contributed by atoms with Crippen molar-refractivity contribution >= 4 is 41.0 Å². The molecule has 0 aliphatic carbocycles. The van der Waals surface area contributed by atoms with Gasteiger partial charge in [0.05, 0.1) is 12.8 Å². The van der Waals surface area contributed by atoms with Crippen LogP contribution in [0.1, 0.15) is 26.7 Å². The first-order valence-electron chi connectivity index (χ1n) is 11.8. The van der Waals surface area contributed by atoms with Gasteiger partial charge in [0.25, 0.3) is 5.91 Å². The number of thioether (sulfide) groups is 1. The number of urea groups is 1. The smallest absolute Gasteiger partial charge is 0.319 e. The molecule has 2 aliphatic rings. The van der Waals surface area contributed by atoms with E-state index in [1.807, 2.05) is 29.2 Å². The molecule has 1 atom stereocenters. The van der Waals surface area contributed by atoms with E-state index in [4.69, 9.17) is 4.74 Å². The largest absolute Gasteiger partial charge is 0.497 e. The van der Waals surface area contributed by atoms with E-state index in [1.165, 1.54) is 16.7 Å². The number of hydrogen-bond acceptors (Lipinski definition) is 5. The Hall–Kier alpha value is -3.20. The summed E-state index contributed by atoms with van der Waals surface area (Å²) >= 11 is 1.49. The summed E-state index contributed by atoms with van der Waals surface area (Å²) in [4.78, 5) is 43.9. The Labute approximate surface area is 210 Å². The molecule has 0 radical (unpaired) electrons. The van der Waals surface area contributed by atoms with E-state index in [1.54, 1.807) is 31.4 Å². The molecule has 0 spiro atoms. The Morgan fingerprint density at radius 2 is 1.97 bits per heavy atom. The molecule has 2 aromatic rings. The topological polar surface area (TPSA) is 91.0 Å². The number of para-hydroxylation sites is 1. The molecule has 0 saturated carbocycles. The minimum atomic E-state index is -0.788. The van der Waals surface area contributed by atoms with Crippen LogP contribution in [-0.2, 0) is 9.59 Å². The molecule has 0 unspecified atom stereocenters. The Morgan fingerprint density at radius 3 is 2.74 bits per heavy atom. The maximum absolute atomic E-state index is 13.6. The Kier molecular flexibility index (Phi) is 7.54. The number of rotatable bonds is 5. The molecule has 9 heteroatoms. The second-order valence-electron chi connectivity index (χ2n) is 9.67. The Morgan fingerprint density at radius 1 is 1.17 bits per heavy atom. The number of nitrogens with zero attached hydrogens (tertiary/aromatic N) is 2. The van der Waals surface area contributed by atoms with Gasteiger partial charge in [-0.15, -0.1) is 11.8 Å². The molecule has 2 heterocycles. The van der Waals surface area contributed by atoms with Gasteiger partial charge in [0.2, 0.25) is 5.91 Å². The standard InChI is InChI=1S/C26H32N4O4S/c1-26(2)12-7-13-29(17-26)23(31)15-30-21-10-4-5-11-22(21)35-16-20(24(30)32)28-25(33)27-18-8-6-9-19(14-18)34-3/h4-6,8-11,14,20H,7,12-13,15-17H2,1-3H3,(H2,27,28,33)/t20-/m1/s1. The van der Waals surface area contributed by atoms with Crippen molar-refractivity contribution < 1.29 is 19.1 Å². The number of amides is 4. The zero-order valence-corrected chi connectivity index (χ0v) is 21.2. The third kappa shape index (κ3) is 6.08. The molecule has 35 heavy (non-hydrogen) atoms. The fourth-order valence-corrected chi connectivity index (χ4v) is 5.59. The average molecular weight is 497 g/mol. The zero-order chi connectivity index (χ0) is 25.0. The molecule has 0 aromatic heterocycles. The molecule has 1 saturated heterocycles. The summed E-state index contributed by atoms with van der Waals surface area (Å²) in [5.41, 5.74) is 1.32. The SMILES string of the molecule is COc1cccc(NC(=O)N[C@@H]2CSc3ccccc3N(CC(=O)N3CCCC(C)(C)C3)C2=O)c1. The number of ether oxygens (including phenoxy) is 1. The van der Waals surface area contributed by atoms with Gasteiger partial charge in [-0.2, -0.15) is 0 Å². The van der Waals surface area contributed by atoms with Gasteiger partial charge < -0.3 is 25.2 Å². The summed E-state index contributed by atoms with van der Waals surface area (Å²) in [5.74, 6) is 0.605. The second-order valence-corrected chi connectivity index (χ2v) is 10.7. The minimum Gasteiger partial charge on any atom is -0.497 e. The molecule has 186 valence electrons. The van der Waals surface area contributed by atoms with E-state index in [0.717, 1.165) is 17.7 Å². The van der Waals surface area contributed by atoms with Crippen LogP contribution in [0.4, 0.5) is 16.2 Å². The lowest BCUT2D eigenvalue weighted by atomic mass is 9.84. The van der Waals surface area contributed by atoms with Gasteiger partial charge in [-0.25, -0.2) is 4.79 Å². The Bertz CT molecular complexity index is 1110. The summed E-state index contributed by atoms with van der Waals surface area (Å²) in [7, 11) is 1.55. The van der Waals surface area contributed by atoms with Crippen molar-refractivity contribution in [3.8, 4) is 5.75 Å². The molecular formula is C26H32N4O4S. The molecule has 1 fully saturated rings. The highest BCUT2D eigenvalue weighted by Gasteiger charge is 2.35. The number of likely N-dealkylation sites (tertiary alicyclic amines) is 1. The van der Waals surface area contributed by atoms with Crippen molar-refractivity contribution in [3.63, 3.8) is 0 Å². The minimum absolute atomic E-state index is 0.0534. The van der Waals surface area contributed by atoms with Crippen LogP contribution in [-0.4, -0.2) is 61.3 Å². The normalized spacial score (nSPS) is 19.4. The summed E-state index contributed by atoms with van der Waals surface area (Å²) in [6.45, 7) is 5.65. The highest BCUT2D eigenvalue weighted by molar-refractivity contribution is 7.99. The first-order valence-corrected chi connectivity index (χ1v) is 12.8. The average Bonchev–Trinajstić information content (AvgIpc) is 2.96. The number of fused-ring (bicyclic) bond motifs is 1. The molecule has 2 N–H and O–H groups in total. The highest BCUT2D eigenvalue weighted by atomic mass is 32.2. The number of carbonyl (C=O) groups excluding carboxylic acids is 3. The van der Waals surface area contributed by atoms with Crippen LogP contribution in [0.3, 0.4) is 0 Å². The fraction of sp³-hybridized carbons (Fsp3) is 0.423. The van der Waals surface area contributed by atoms with Gasteiger partial charge in [0.1, 0.15) is 18.3 Å². The number of nitrogens with one attached hydrogen (secondary N) is 2. The first kappa shape index (κ1) is 24.9. The van der Waals surface area contributed by atoms with Crippen molar-refractivity contribution in [2.24, 2.45) is 5.41 Å². The summed E-state index contributed by atoms with van der Waals surface area (Å²) < 4.78 is 5.20. The van der Waals surface area contributed by atoms with Crippen LogP contribution < -0.4 is 20.3 Å². The third-order valence-corrected chi connectivity index (χ3v) is 7.46. The van der Waals surface area contributed by atoms with Crippen molar-refractivity contribution in [1.29, 1.82) is 0 Å². The molecule has 2 aromatic carbocycles. The van der Waals surface area contributed by atoms with Crippen LogP contribution >= 0.6 is 11.8 Å². The number of hydrogen-bond donors (Lipinski definition) is 2. The number of benzene rings is 2. The Balaban J connectivity index is 1.50. The van der Waals surface area contributed by atoms with E-state index < -0.39 is 12.1 Å². The van der Waals surface area contributed by atoms with Crippen LogP contribution in [0.25, 0.3) is 0 Å². The van der Waals surface area contributed by atoms with Gasteiger partial charge in [-0.1, -0.05) is 32.0 Å². The molecule has 4 amide bonds. The van der Waals surface area contributed by atoms with E-state index >= 15 is 0 Å². The first-order chi connectivity index (χ1) is 16.8. The van der Waals surface area contributed by atoms with Crippen molar-refractivity contribution in [2.75, 3.05) is 42.7 Å². The number of piperidine rings is 1. The lowest BCUT2D eigenvalue weighted by Crippen LogP contribution is -2.54. The van der Waals surface area contributed by atoms with E-state index in [-0.39, 0.29) is 23.8 Å². The van der Waals surface area contributed by atoms with Gasteiger partial charge >= 0.3 is 6.03 Å². The maximum Gasteiger partial charge on any atom is 0.319 e. The summed E-state index contributed by atoms with van der Waals surface area (Å²) in [6.07, 6.45) is 2.03. The van der Waals surface area contributed by atoms with Crippen molar-refractivity contribution in [3.05, 3.63) is 48.5 Å². The number of anilines is 2. The molecule has 8 nitrogen and oxygen atoms in total. The monoisotopic (exact) mass is 496 g/mol. The number of methoxy groups -OCH3 is 1. The molecular weight excluding hydrogens is 464 g/mol. The zero-order valence-electron chi connectivity index (χ0n) is 20.4. The molecule has 4 rings (SSSR count). The van der Waals surface area contributed by atoms with Gasteiger partial charge in [-0.3, -0.25) is 9.59 Å². The summed E-state index contributed by atoms with van der Waals surface area (Å²) in [6, 6.07) is 13.3. The second kappa shape index (κ2) is 10.6. The third-order valence-electron chi connectivity index (χ3n) is 6.31. The van der Waals surface area contributed by atoms with E-state index in [2.05, 4.69) is 24.5 Å². The van der Waals surface area contributed by atoms with Gasteiger partial charge in [-0.05, 0) is 42.5 Å². The van der Waals surface area contributed by atoms with Crippen LogP contribution in [0.15, 0.2) is 53.4 Å². The number of carbonyl (C=O) groups is 3.